The zero-order valence-electron chi connectivity index (χ0n) is 15.9. The van der Waals surface area contributed by atoms with E-state index in [1.807, 2.05) is 55.4 Å². The average Bonchev–Trinajstić information content (AvgIpc) is 3.01. The second-order valence-corrected chi connectivity index (χ2v) is 7.11. The lowest BCUT2D eigenvalue weighted by Crippen LogP contribution is -2.50. The van der Waals surface area contributed by atoms with Crippen molar-refractivity contribution in [3.63, 3.8) is 0 Å². The highest BCUT2D eigenvalue weighted by Gasteiger charge is 2.46. The van der Waals surface area contributed by atoms with Gasteiger partial charge in [0.1, 0.15) is 18.2 Å². The first-order valence-corrected chi connectivity index (χ1v) is 9.14. The maximum absolute atomic E-state index is 13.0. The largest absolute Gasteiger partial charge is 0.388 e. The van der Waals surface area contributed by atoms with Crippen LogP contribution in [-0.2, 0) is 11.3 Å². The number of β-amino-alcohol motifs (C(OH)–C–C–N with tert-alkyl or cyclic N) is 1. The van der Waals surface area contributed by atoms with Gasteiger partial charge in [0.05, 0.1) is 6.54 Å². The molecule has 1 fully saturated rings. The maximum atomic E-state index is 13.0. The Bertz CT molecular complexity index is 841. The van der Waals surface area contributed by atoms with Gasteiger partial charge in [-0.25, -0.2) is 0 Å². The molecule has 148 valence electrons. The van der Waals surface area contributed by atoms with Crippen LogP contribution in [0.5, 0.6) is 0 Å². The highest BCUT2D eigenvalue weighted by atomic mass is 16.3. The van der Waals surface area contributed by atoms with Crippen LogP contribution in [0.15, 0.2) is 54.6 Å². The van der Waals surface area contributed by atoms with Gasteiger partial charge in [-0.3, -0.25) is 9.59 Å². The lowest BCUT2D eigenvalue weighted by atomic mass is 10.1. The van der Waals surface area contributed by atoms with E-state index in [0.29, 0.717) is 5.56 Å². The molecule has 2 aromatic rings. The molecular formula is C21H25N3O4. The third-order valence-corrected chi connectivity index (χ3v) is 4.89. The molecule has 28 heavy (non-hydrogen) atoms. The second kappa shape index (κ2) is 8.41. The monoisotopic (exact) mass is 383 g/mol. The zero-order valence-corrected chi connectivity index (χ0v) is 15.9. The summed E-state index contributed by atoms with van der Waals surface area (Å²) in [5, 5.41) is 23.1. The molecule has 0 aliphatic carbocycles. The van der Waals surface area contributed by atoms with Crippen molar-refractivity contribution in [2.24, 2.45) is 0 Å². The Labute approximate surface area is 164 Å². The Kier molecular flexibility index (Phi) is 5.96. The highest BCUT2D eigenvalue weighted by Crippen LogP contribution is 2.23. The van der Waals surface area contributed by atoms with Crippen molar-refractivity contribution in [2.75, 3.05) is 25.5 Å². The number of carbonyl (C=O) groups excluding carboxylic acids is 2. The fourth-order valence-electron chi connectivity index (χ4n) is 3.30. The number of benzene rings is 2. The van der Waals surface area contributed by atoms with Crippen molar-refractivity contribution < 1.29 is 19.8 Å². The number of aliphatic hydroxyl groups excluding tert-OH is 2. The Morgan fingerprint density at radius 1 is 1.11 bits per heavy atom. The number of amides is 2. The fraction of sp³-hybridized carbons (Fsp3) is 0.333. The molecule has 0 bridgehead atoms. The molecule has 7 heteroatoms. The Hall–Kier alpha value is -2.90. The molecule has 0 radical (unpaired) electrons. The van der Waals surface area contributed by atoms with E-state index >= 15 is 0 Å². The number of hydrogen-bond donors (Lipinski definition) is 3. The molecule has 2 aromatic carbocycles. The predicted molar refractivity (Wildman–Crippen MR) is 106 cm³/mol. The van der Waals surface area contributed by atoms with Crippen molar-refractivity contribution in [1.82, 2.24) is 10.2 Å². The molecule has 0 saturated carbocycles. The molecule has 3 N–H and O–H groups in total. The van der Waals surface area contributed by atoms with E-state index in [4.69, 9.17) is 0 Å². The van der Waals surface area contributed by atoms with E-state index in [2.05, 4.69) is 5.32 Å². The van der Waals surface area contributed by atoms with Gasteiger partial charge in [-0.2, -0.15) is 0 Å². The lowest BCUT2D eigenvalue weighted by molar-refractivity contribution is -0.128. The van der Waals surface area contributed by atoms with Gasteiger partial charge in [-0.1, -0.05) is 36.4 Å². The van der Waals surface area contributed by atoms with Crippen molar-refractivity contribution in [2.45, 2.75) is 24.8 Å². The van der Waals surface area contributed by atoms with Crippen molar-refractivity contribution >= 4 is 17.5 Å². The average molecular weight is 383 g/mol. The molecule has 0 spiro atoms. The number of aliphatic hydroxyl groups is 2. The van der Waals surface area contributed by atoms with E-state index in [-0.39, 0.29) is 13.1 Å². The Balaban J connectivity index is 1.77. The summed E-state index contributed by atoms with van der Waals surface area (Å²) in [6.45, 7) is 0.173. The van der Waals surface area contributed by atoms with Gasteiger partial charge in [-0.05, 0) is 23.8 Å². The summed E-state index contributed by atoms with van der Waals surface area (Å²) >= 11 is 0. The normalized spacial score (nSPS) is 21.4. The molecule has 0 unspecified atom stereocenters. The second-order valence-electron chi connectivity index (χ2n) is 7.11. The topological polar surface area (TPSA) is 93.1 Å². The molecule has 1 saturated heterocycles. The summed E-state index contributed by atoms with van der Waals surface area (Å²) in [4.78, 5) is 28.8. The Morgan fingerprint density at radius 3 is 2.50 bits per heavy atom. The van der Waals surface area contributed by atoms with Crippen LogP contribution < -0.4 is 10.2 Å². The SMILES string of the molecule is CN(C)c1cccc(C(=O)N2C[C@H](O)[C@H](O)[C@H]2C(=O)NCc2ccccc2)c1. The van der Waals surface area contributed by atoms with Gasteiger partial charge in [0.25, 0.3) is 5.91 Å². The molecule has 0 aromatic heterocycles. The third-order valence-electron chi connectivity index (χ3n) is 4.89. The van der Waals surface area contributed by atoms with E-state index in [1.54, 1.807) is 18.2 Å². The van der Waals surface area contributed by atoms with Gasteiger partial charge >= 0.3 is 0 Å². The third kappa shape index (κ3) is 4.16. The smallest absolute Gasteiger partial charge is 0.254 e. The Morgan fingerprint density at radius 2 is 1.82 bits per heavy atom. The molecular weight excluding hydrogens is 358 g/mol. The molecule has 1 aliphatic heterocycles. The predicted octanol–water partition coefficient (Wildman–Crippen LogP) is 0.615. The van der Waals surface area contributed by atoms with Gasteiger partial charge in [0.2, 0.25) is 5.91 Å². The highest BCUT2D eigenvalue weighted by molar-refractivity contribution is 5.99. The number of nitrogens with zero attached hydrogens (tertiary/aromatic N) is 2. The number of rotatable bonds is 5. The zero-order chi connectivity index (χ0) is 20.3. The van der Waals surface area contributed by atoms with Crippen LogP contribution in [0.4, 0.5) is 5.69 Å². The van der Waals surface area contributed by atoms with Crippen LogP contribution in [-0.4, -0.2) is 65.8 Å². The molecule has 3 atom stereocenters. The molecule has 3 rings (SSSR count). The summed E-state index contributed by atoms with van der Waals surface area (Å²) < 4.78 is 0. The summed E-state index contributed by atoms with van der Waals surface area (Å²) in [6, 6.07) is 15.2. The first kappa shape index (κ1) is 19.9. The summed E-state index contributed by atoms with van der Waals surface area (Å²) in [7, 11) is 3.74. The standard InChI is InChI=1S/C21H25N3O4/c1-23(2)16-10-6-9-15(11-16)21(28)24-13-17(25)19(26)18(24)20(27)22-12-14-7-4-3-5-8-14/h3-11,17-19,25-26H,12-13H2,1-2H3,(H,22,27)/t17-,18-,19-/m0/s1. The van der Waals surface area contributed by atoms with E-state index < -0.39 is 30.1 Å². The summed E-state index contributed by atoms with van der Waals surface area (Å²) in [5.41, 5.74) is 2.14. The molecule has 2 amide bonds. The quantitative estimate of drug-likeness (QED) is 0.704. The van der Waals surface area contributed by atoms with Crippen LogP contribution in [0, 0.1) is 0 Å². The van der Waals surface area contributed by atoms with Gasteiger partial charge in [-0.15, -0.1) is 0 Å². The maximum Gasteiger partial charge on any atom is 0.254 e. The number of anilines is 1. The van der Waals surface area contributed by atoms with Crippen LogP contribution in [0.2, 0.25) is 0 Å². The minimum Gasteiger partial charge on any atom is -0.388 e. The summed E-state index contributed by atoms with van der Waals surface area (Å²) in [5.74, 6) is -0.899. The van der Waals surface area contributed by atoms with E-state index in [0.717, 1.165) is 11.3 Å². The van der Waals surface area contributed by atoms with Crippen molar-refractivity contribution in [3.8, 4) is 0 Å². The van der Waals surface area contributed by atoms with Crippen LogP contribution in [0.25, 0.3) is 0 Å². The number of nitrogens with one attached hydrogen (secondary N) is 1. The van der Waals surface area contributed by atoms with Crippen LogP contribution in [0.3, 0.4) is 0 Å². The van der Waals surface area contributed by atoms with Crippen LogP contribution >= 0.6 is 0 Å². The molecule has 1 heterocycles. The molecule has 7 nitrogen and oxygen atoms in total. The molecule has 1 aliphatic rings. The van der Waals surface area contributed by atoms with E-state index in [9.17, 15) is 19.8 Å². The fourth-order valence-corrected chi connectivity index (χ4v) is 3.30. The number of carbonyl (C=O) groups is 2. The minimum absolute atomic E-state index is 0.102. The lowest BCUT2D eigenvalue weighted by Gasteiger charge is -2.25. The minimum atomic E-state index is -1.34. The number of likely N-dealkylation sites (tertiary alicyclic amines) is 1. The first-order valence-electron chi connectivity index (χ1n) is 9.14. The van der Waals surface area contributed by atoms with Gasteiger partial charge < -0.3 is 25.3 Å². The summed E-state index contributed by atoms with van der Waals surface area (Å²) in [6.07, 6.45) is -2.51. The number of hydrogen-bond acceptors (Lipinski definition) is 5. The van der Waals surface area contributed by atoms with Crippen molar-refractivity contribution in [1.29, 1.82) is 0 Å². The van der Waals surface area contributed by atoms with Gasteiger partial charge in [0.15, 0.2) is 0 Å². The van der Waals surface area contributed by atoms with Crippen molar-refractivity contribution in [3.05, 3.63) is 65.7 Å². The van der Waals surface area contributed by atoms with Gasteiger partial charge in [0, 0.05) is 31.9 Å². The first-order chi connectivity index (χ1) is 13.4. The van der Waals surface area contributed by atoms with E-state index in [1.165, 1.54) is 4.90 Å². The van der Waals surface area contributed by atoms with Crippen LogP contribution in [0.1, 0.15) is 15.9 Å².